The number of nitrogens with zero attached hydrogens (tertiary/aromatic N) is 3. The minimum atomic E-state index is -0.156. The number of nitrogens with one attached hydrogen (secondary N) is 2. The number of carbonyl (C=O) groups excluding carboxylic acids is 1. The first kappa shape index (κ1) is 16.7. The Morgan fingerprint density at radius 3 is 2.79 bits per heavy atom. The Kier molecular flexibility index (Phi) is 3.95. The van der Waals surface area contributed by atoms with E-state index in [1.54, 1.807) is 18.2 Å². The van der Waals surface area contributed by atoms with Gasteiger partial charge in [-0.3, -0.25) is 4.79 Å². The van der Waals surface area contributed by atoms with Crippen LogP contribution >= 0.6 is 0 Å². The van der Waals surface area contributed by atoms with Crippen molar-refractivity contribution in [2.45, 2.75) is 19.6 Å². The van der Waals surface area contributed by atoms with Gasteiger partial charge in [-0.15, -0.1) is 0 Å². The van der Waals surface area contributed by atoms with Crippen molar-refractivity contribution in [1.82, 2.24) is 24.8 Å². The molecule has 0 radical (unpaired) electrons. The molecule has 28 heavy (non-hydrogen) atoms. The highest BCUT2D eigenvalue weighted by Crippen LogP contribution is 2.24. The van der Waals surface area contributed by atoms with Crippen molar-refractivity contribution in [3.05, 3.63) is 71.3 Å². The molecule has 7 heteroatoms. The number of aromatic amines is 2. The summed E-state index contributed by atoms with van der Waals surface area (Å²) in [6.07, 6.45) is 0.728. The molecule has 0 spiro atoms. The van der Waals surface area contributed by atoms with Crippen molar-refractivity contribution in [1.29, 1.82) is 0 Å². The molecule has 0 saturated heterocycles. The number of aliphatic hydroxyl groups excluding tert-OH is 1. The van der Waals surface area contributed by atoms with Crippen molar-refractivity contribution < 1.29 is 9.90 Å². The molecular formula is C21H19N5O2. The molecule has 0 fully saturated rings. The number of aliphatic hydroxyl groups is 1. The topological polar surface area (TPSA) is 97.9 Å². The Hall–Kier alpha value is -3.45. The lowest BCUT2D eigenvalue weighted by Crippen LogP contribution is -2.36. The Balaban J connectivity index is 1.39. The van der Waals surface area contributed by atoms with Crippen molar-refractivity contribution >= 4 is 16.9 Å². The zero-order valence-electron chi connectivity index (χ0n) is 15.1. The maximum absolute atomic E-state index is 13.0. The molecule has 4 aromatic rings. The molecule has 2 aromatic carbocycles. The van der Waals surface area contributed by atoms with Gasteiger partial charge in [-0.05, 0) is 18.2 Å². The highest BCUT2D eigenvalue weighted by molar-refractivity contribution is 5.97. The van der Waals surface area contributed by atoms with E-state index in [0.29, 0.717) is 24.5 Å². The van der Waals surface area contributed by atoms with Crippen LogP contribution in [0, 0.1) is 0 Å². The molecule has 140 valence electrons. The molecule has 0 atom stereocenters. The normalized spacial score (nSPS) is 13.7. The van der Waals surface area contributed by atoms with Gasteiger partial charge in [-0.1, -0.05) is 30.3 Å². The van der Waals surface area contributed by atoms with Gasteiger partial charge in [0.05, 0.1) is 29.0 Å². The van der Waals surface area contributed by atoms with E-state index in [9.17, 15) is 9.90 Å². The van der Waals surface area contributed by atoms with Gasteiger partial charge < -0.3 is 20.0 Å². The summed E-state index contributed by atoms with van der Waals surface area (Å²) in [6, 6.07) is 15.4. The van der Waals surface area contributed by atoms with Gasteiger partial charge in [0.15, 0.2) is 0 Å². The van der Waals surface area contributed by atoms with Gasteiger partial charge in [0, 0.05) is 24.1 Å². The van der Waals surface area contributed by atoms with E-state index in [-0.39, 0.29) is 12.5 Å². The van der Waals surface area contributed by atoms with Crippen molar-refractivity contribution in [2.75, 3.05) is 6.54 Å². The van der Waals surface area contributed by atoms with Crippen LogP contribution in [0.25, 0.3) is 22.4 Å². The van der Waals surface area contributed by atoms with Crippen LogP contribution in [0.5, 0.6) is 0 Å². The van der Waals surface area contributed by atoms with Crippen LogP contribution in [0.1, 0.15) is 27.6 Å². The van der Waals surface area contributed by atoms with E-state index < -0.39 is 0 Å². The second kappa shape index (κ2) is 6.61. The van der Waals surface area contributed by atoms with Crippen LogP contribution in [-0.2, 0) is 19.6 Å². The molecule has 5 rings (SSSR count). The van der Waals surface area contributed by atoms with E-state index in [1.165, 1.54) is 0 Å². The fraction of sp³-hybridized carbons (Fsp3) is 0.190. The highest BCUT2D eigenvalue weighted by atomic mass is 16.3. The lowest BCUT2D eigenvalue weighted by Gasteiger charge is -2.26. The maximum Gasteiger partial charge on any atom is 0.254 e. The molecule has 0 saturated carbocycles. The quantitative estimate of drug-likeness (QED) is 0.514. The molecule has 1 amide bonds. The summed E-state index contributed by atoms with van der Waals surface area (Å²) in [5.74, 6) is 1.31. The van der Waals surface area contributed by atoms with Gasteiger partial charge >= 0.3 is 0 Å². The minimum absolute atomic E-state index is 0.0245. The number of benzene rings is 2. The first-order valence-corrected chi connectivity index (χ1v) is 9.23. The monoisotopic (exact) mass is 373 g/mol. The minimum Gasteiger partial charge on any atom is -0.388 e. The molecular weight excluding hydrogens is 354 g/mol. The Labute approximate surface area is 161 Å². The molecule has 0 bridgehead atoms. The Bertz CT molecular complexity index is 1160. The molecule has 3 heterocycles. The van der Waals surface area contributed by atoms with Gasteiger partial charge in [0.1, 0.15) is 18.3 Å². The van der Waals surface area contributed by atoms with Crippen molar-refractivity contribution in [3.63, 3.8) is 0 Å². The van der Waals surface area contributed by atoms with Gasteiger partial charge in [-0.25, -0.2) is 9.97 Å². The SMILES string of the molecule is O=C(c1ccc2nc(CO)[nH]c2c1)N1CCc2nc(-c3ccccc3)[nH]c2C1. The van der Waals surface area contributed by atoms with Gasteiger partial charge in [-0.2, -0.15) is 0 Å². The number of hydrogen-bond acceptors (Lipinski definition) is 4. The second-order valence-corrected chi connectivity index (χ2v) is 6.93. The third-order valence-electron chi connectivity index (χ3n) is 5.09. The summed E-state index contributed by atoms with van der Waals surface area (Å²) in [5.41, 5.74) is 5.15. The lowest BCUT2D eigenvalue weighted by molar-refractivity contribution is 0.0732. The summed E-state index contributed by atoms with van der Waals surface area (Å²) in [7, 11) is 0. The average molecular weight is 373 g/mol. The molecule has 2 aromatic heterocycles. The summed E-state index contributed by atoms with van der Waals surface area (Å²) in [5, 5.41) is 9.22. The molecule has 7 nitrogen and oxygen atoms in total. The number of fused-ring (bicyclic) bond motifs is 2. The molecule has 0 aliphatic carbocycles. The predicted octanol–water partition coefficient (Wildman–Crippen LogP) is 2.64. The fourth-order valence-electron chi connectivity index (χ4n) is 3.65. The Morgan fingerprint density at radius 1 is 1.11 bits per heavy atom. The average Bonchev–Trinajstić information content (AvgIpc) is 3.36. The molecule has 3 N–H and O–H groups in total. The zero-order chi connectivity index (χ0) is 19.1. The second-order valence-electron chi connectivity index (χ2n) is 6.93. The van der Waals surface area contributed by atoms with Crippen molar-refractivity contribution in [3.8, 4) is 11.4 Å². The van der Waals surface area contributed by atoms with Crippen molar-refractivity contribution in [2.24, 2.45) is 0 Å². The molecule has 1 aliphatic heterocycles. The van der Waals surface area contributed by atoms with Crippen LogP contribution < -0.4 is 0 Å². The first-order chi connectivity index (χ1) is 13.7. The number of hydrogen-bond donors (Lipinski definition) is 3. The standard InChI is InChI=1S/C21H19N5O2/c27-12-19-22-15-7-6-14(10-17(15)23-19)21(28)26-9-8-16-18(11-26)25-20(24-16)13-4-2-1-3-5-13/h1-7,10,27H,8-9,11-12H2,(H,22,23)(H,24,25). The summed E-state index contributed by atoms with van der Waals surface area (Å²) in [4.78, 5) is 30.2. The smallest absolute Gasteiger partial charge is 0.254 e. The van der Waals surface area contributed by atoms with E-state index in [4.69, 9.17) is 4.98 Å². The van der Waals surface area contributed by atoms with Crippen LogP contribution in [0.15, 0.2) is 48.5 Å². The number of carbonyl (C=O) groups is 1. The summed E-state index contributed by atoms with van der Waals surface area (Å²) in [6.45, 7) is 0.987. The lowest BCUT2D eigenvalue weighted by atomic mass is 10.1. The van der Waals surface area contributed by atoms with Crippen LogP contribution in [0.4, 0.5) is 0 Å². The van der Waals surface area contributed by atoms with Crippen LogP contribution in [0.3, 0.4) is 0 Å². The Morgan fingerprint density at radius 2 is 1.96 bits per heavy atom. The fourth-order valence-corrected chi connectivity index (χ4v) is 3.65. The van der Waals surface area contributed by atoms with Gasteiger partial charge in [0.2, 0.25) is 0 Å². The number of rotatable bonds is 3. The van der Waals surface area contributed by atoms with E-state index >= 15 is 0 Å². The van der Waals surface area contributed by atoms with E-state index in [2.05, 4.69) is 15.0 Å². The van der Waals surface area contributed by atoms with E-state index in [1.807, 2.05) is 35.2 Å². The van der Waals surface area contributed by atoms with E-state index in [0.717, 1.165) is 40.2 Å². The summed E-state index contributed by atoms with van der Waals surface area (Å²) < 4.78 is 0. The first-order valence-electron chi connectivity index (χ1n) is 9.23. The largest absolute Gasteiger partial charge is 0.388 e. The van der Waals surface area contributed by atoms with Crippen LogP contribution in [0.2, 0.25) is 0 Å². The number of H-pyrrole nitrogens is 2. The number of imidazole rings is 2. The predicted molar refractivity (Wildman–Crippen MR) is 104 cm³/mol. The number of amides is 1. The highest BCUT2D eigenvalue weighted by Gasteiger charge is 2.25. The molecule has 0 unspecified atom stereocenters. The third kappa shape index (κ3) is 2.86. The number of aromatic nitrogens is 4. The summed E-state index contributed by atoms with van der Waals surface area (Å²) >= 11 is 0. The third-order valence-corrected chi connectivity index (χ3v) is 5.09. The molecule has 1 aliphatic rings. The maximum atomic E-state index is 13.0. The van der Waals surface area contributed by atoms with Crippen LogP contribution in [-0.4, -0.2) is 42.4 Å². The zero-order valence-corrected chi connectivity index (χ0v) is 15.1. The van der Waals surface area contributed by atoms with Gasteiger partial charge in [0.25, 0.3) is 5.91 Å².